The van der Waals surface area contributed by atoms with E-state index in [0.29, 0.717) is 32.6 Å². The van der Waals surface area contributed by atoms with Crippen LogP contribution in [0.2, 0.25) is 0 Å². The SMILES string of the molecule is Cc1cccc([C@H](NC(=O)N(C)CC2(O)CCOCC2)C(C)(C)C)c1. The third kappa shape index (κ3) is 5.44. The molecule has 1 saturated heterocycles. The van der Waals surface area contributed by atoms with E-state index in [4.69, 9.17) is 4.74 Å². The van der Waals surface area contributed by atoms with Crippen LogP contribution in [0.3, 0.4) is 0 Å². The van der Waals surface area contributed by atoms with Crippen LogP contribution in [0.4, 0.5) is 4.79 Å². The number of hydrogen-bond acceptors (Lipinski definition) is 3. The highest BCUT2D eigenvalue weighted by Gasteiger charge is 2.34. The van der Waals surface area contributed by atoms with Gasteiger partial charge in [-0.3, -0.25) is 0 Å². The Hall–Kier alpha value is -1.59. The van der Waals surface area contributed by atoms with Gasteiger partial charge in [0.05, 0.1) is 18.2 Å². The lowest BCUT2D eigenvalue weighted by Crippen LogP contribution is -2.51. The molecule has 1 aromatic rings. The van der Waals surface area contributed by atoms with Crippen molar-refractivity contribution >= 4 is 6.03 Å². The van der Waals surface area contributed by atoms with Crippen molar-refractivity contribution in [3.8, 4) is 0 Å². The number of nitrogens with one attached hydrogen (secondary N) is 1. The van der Waals surface area contributed by atoms with Crippen LogP contribution in [-0.2, 0) is 4.74 Å². The lowest BCUT2D eigenvalue weighted by Gasteiger charge is -2.37. The topological polar surface area (TPSA) is 61.8 Å². The minimum atomic E-state index is -0.856. The van der Waals surface area contributed by atoms with Gasteiger partial charge < -0.3 is 20.1 Å². The number of urea groups is 1. The summed E-state index contributed by atoms with van der Waals surface area (Å²) in [5.41, 5.74) is 1.29. The highest BCUT2D eigenvalue weighted by atomic mass is 16.5. The Bertz CT molecular complexity index is 589. The number of rotatable bonds is 4. The Balaban J connectivity index is 2.08. The first kappa shape index (κ1) is 19.7. The minimum absolute atomic E-state index is 0.105. The molecule has 0 bridgehead atoms. The van der Waals surface area contributed by atoms with Gasteiger partial charge in [0.2, 0.25) is 0 Å². The number of hydrogen-bond donors (Lipinski definition) is 2. The fraction of sp³-hybridized carbons (Fsp3) is 0.650. The first-order valence-electron chi connectivity index (χ1n) is 8.99. The quantitative estimate of drug-likeness (QED) is 0.878. The van der Waals surface area contributed by atoms with Crippen LogP contribution in [-0.4, -0.2) is 48.4 Å². The van der Waals surface area contributed by atoms with Crippen LogP contribution in [0.15, 0.2) is 24.3 Å². The fourth-order valence-corrected chi connectivity index (χ4v) is 3.31. The number of aliphatic hydroxyl groups is 1. The number of ether oxygens (including phenoxy) is 1. The number of carbonyl (C=O) groups excluding carboxylic acids is 1. The molecule has 0 aromatic heterocycles. The molecule has 0 saturated carbocycles. The maximum absolute atomic E-state index is 12.7. The van der Waals surface area contributed by atoms with E-state index in [1.807, 2.05) is 6.07 Å². The van der Waals surface area contributed by atoms with Crippen LogP contribution in [0.25, 0.3) is 0 Å². The van der Waals surface area contributed by atoms with Gasteiger partial charge in [-0.05, 0) is 17.9 Å². The number of aryl methyl sites for hydroxylation is 1. The highest BCUT2D eigenvalue weighted by Crippen LogP contribution is 2.33. The normalized spacial score (nSPS) is 18.5. The monoisotopic (exact) mass is 348 g/mol. The van der Waals surface area contributed by atoms with E-state index in [-0.39, 0.29) is 17.5 Å². The average molecular weight is 348 g/mol. The largest absolute Gasteiger partial charge is 0.388 e. The Labute approximate surface area is 151 Å². The highest BCUT2D eigenvalue weighted by molar-refractivity contribution is 5.74. The first-order chi connectivity index (χ1) is 11.6. The molecule has 2 amide bonds. The van der Waals surface area contributed by atoms with Crippen LogP contribution in [0, 0.1) is 12.3 Å². The smallest absolute Gasteiger partial charge is 0.317 e. The molecule has 25 heavy (non-hydrogen) atoms. The second-order valence-electron chi connectivity index (χ2n) is 8.36. The van der Waals surface area contributed by atoms with Gasteiger partial charge in [-0.25, -0.2) is 4.79 Å². The van der Waals surface area contributed by atoms with Crippen molar-refractivity contribution in [2.75, 3.05) is 26.8 Å². The van der Waals surface area contributed by atoms with Gasteiger partial charge >= 0.3 is 6.03 Å². The summed E-state index contributed by atoms with van der Waals surface area (Å²) < 4.78 is 5.31. The maximum atomic E-state index is 12.7. The number of likely N-dealkylation sites (N-methyl/N-ethyl adjacent to an activating group) is 1. The van der Waals surface area contributed by atoms with Gasteiger partial charge in [0.15, 0.2) is 0 Å². The van der Waals surface area contributed by atoms with E-state index in [9.17, 15) is 9.90 Å². The molecular weight excluding hydrogens is 316 g/mol. The van der Waals surface area contributed by atoms with Gasteiger partial charge in [0.1, 0.15) is 0 Å². The van der Waals surface area contributed by atoms with Crippen molar-refractivity contribution in [2.45, 2.75) is 52.2 Å². The molecule has 1 atom stereocenters. The Morgan fingerprint density at radius 3 is 2.56 bits per heavy atom. The van der Waals surface area contributed by atoms with Crippen molar-refractivity contribution in [3.05, 3.63) is 35.4 Å². The molecule has 2 rings (SSSR count). The molecule has 5 nitrogen and oxygen atoms in total. The maximum Gasteiger partial charge on any atom is 0.317 e. The molecule has 0 spiro atoms. The summed E-state index contributed by atoms with van der Waals surface area (Å²) >= 11 is 0. The molecule has 0 unspecified atom stereocenters. The second kappa shape index (κ2) is 7.75. The van der Waals surface area contributed by atoms with Crippen molar-refractivity contribution in [1.29, 1.82) is 0 Å². The van der Waals surface area contributed by atoms with Crippen molar-refractivity contribution in [3.63, 3.8) is 0 Å². The van der Waals surface area contributed by atoms with Gasteiger partial charge in [0, 0.05) is 33.1 Å². The third-order valence-corrected chi connectivity index (χ3v) is 4.81. The molecule has 1 aromatic carbocycles. The standard InChI is InChI=1S/C20H32N2O3/c1-15-7-6-8-16(13-15)17(19(2,3)4)21-18(23)22(5)14-20(24)9-11-25-12-10-20/h6-8,13,17,24H,9-12,14H2,1-5H3,(H,21,23)/t17-/m0/s1. The molecule has 5 heteroatoms. The van der Waals surface area contributed by atoms with Crippen molar-refractivity contribution in [1.82, 2.24) is 10.2 Å². The summed E-state index contributed by atoms with van der Waals surface area (Å²) in [5, 5.41) is 13.8. The summed E-state index contributed by atoms with van der Waals surface area (Å²) in [5.74, 6) is 0. The Morgan fingerprint density at radius 1 is 1.36 bits per heavy atom. The predicted octanol–water partition coefficient (Wildman–Crippen LogP) is 3.27. The van der Waals surface area contributed by atoms with Crippen molar-refractivity contribution in [2.24, 2.45) is 5.41 Å². The number of carbonyl (C=O) groups is 1. The Kier molecular flexibility index (Phi) is 6.12. The van der Waals surface area contributed by atoms with E-state index in [0.717, 1.165) is 5.56 Å². The summed E-state index contributed by atoms with van der Waals surface area (Å²) in [4.78, 5) is 14.3. The zero-order valence-electron chi connectivity index (χ0n) is 16.1. The molecule has 0 aliphatic carbocycles. The van der Waals surface area contributed by atoms with Crippen LogP contribution in [0.5, 0.6) is 0 Å². The van der Waals surface area contributed by atoms with E-state index < -0.39 is 5.60 Å². The molecule has 2 N–H and O–H groups in total. The zero-order valence-corrected chi connectivity index (χ0v) is 16.1. The van der Waals surface area contributed by atoms with E-state index in [1.54, 1.807) is 11.9 Å². The lowest BCUT2D eigenvalue weighted by atomic mass is 9.82. The number of benzene rings is 1. The molecule has 140 valence electrons. The van der Waals surface area contributed by atoms with Crippen LogP contribution in [0.1, 0.15) is 50.8 Å². The summed E-state index contributed by atoms with van der Waals surface area (Å²) in [6.07, 6.45) is 1.12. The Morgan fingerprint density at radius 2 is 2.00 bits per heavy atom. The molecular formula is C20H32N2O3. The van der Waals surface area contributed by atoms with Gasteiger partial charge in [-0.2, -0.15) is 0 Å². The first-order valence-corrected chi connectivity index (χ1v) is 8.99. The zero-order chi connectivity index (χ0) is 18.7. The molecule has 1 aliphatic heterocycles. The minimum Gasteiger partial charge on any atom is -0.388 e. The fourth-order valence-electron chi connectivity index (χ4n) is 3.31. The number of nitrogens with zero attached hydrogens (tertiary/aromatic N) is 1. The average Bonchev–Trinajstić information content (AvgIpc) is 2.51. The molecule has 1 heterocycles. The number of amides is 2. The predicted molar refractivity (Wildman–Crippen MR) is 99.5 cm³/mol. The summed E-state index contributed by atoms with van der Waals surface area (Å²) in [6, 6.07) is 7.97. The molecule has 1 aliphatic rings. The third-order valence-electron chi connectivity index (χ3n) is 4.81. The second-order valence-corrected chi connectivity index (χ2v) is 8.36. The van der Waals surface area contributed by atoms with Gasteiger partial charge in [-0.15, -0.1) is 0 Å². The van der Waals surface area contributed by atoms with E-state index in [1.165, 1.54) is 5.56 Å². The van der Waals surface area contributed by atoms with E-state index in [2.05, 4.69) is 51.2 Å². The van der Waals surface area contributed by atoms with E-state index >= 15 is 0 Å². The van der Waals surface area contributed by atoms with Crippen LogP contribution >= 0.6 is 0 Å². The summed E-state index contributed by atoms with van der Waals surface area (Å²) in [7, 11) is 1.73. The molecule has 0 radical (unpaired) electrons. The summed E-state index contributed by atoms with van der Waals surface area (Å²) in [6.45, 7) is 9.80. The lowest BCUT2D eigenvalue weighted by molar-refractivity contribution is -0.0724. The van der Waals surface area contributed by atoms with Crippen LogP contribution < -0.4 is 5.32 Å². The van der Waals surface area contributed by atoms with Crippen molar-refractivity contribution < 1.29 is 14.6 Å². The molecule has 1 fully saturated rings. The van der Waals surface area contributed by atoms with Gasteiger partial charge in [0.25, 0.3) is 0 Å². The van der Waals surface area contributed by atoms with Gasteiger partial charge in [-0.1, -0.05) is 50.6 Å².